The summed E-state index contributed by atoms with van der Waals surface area (Å²) < 4.78 is 6.91. The van der Waals surface area contributed by atoms with Crippen LogP contribution in [0.5, 0.6) is 0 Å². The number of nitrogens with one attached hydrogen (secondary N) is 1. The van der Waals surface area contributed by atoms with Crippen molar-refractivity contribution < 1.29 is 9.32 Å². The molecule has 3 aromatic rings. The molecule has 0 bridgehead atoms. The quantitative estimate of drug-likeness (QED) is 0.561. The summed E-state index contributed by atoms with van der Waals surface area (Å²) in [6, 6.07) is 7.35. The third-order valence-corrected chi connectivity index (χ3v) is 5.78. The van der Waals surface area contributed by atoms with Gasteiger partial charge in [-0.3, -0.25) is 4.79 Å². The summed E-state index contributed by atoms with van der Waals surface area (Å²) in [5.41, 5.74) is 2.30. The number of likely N-dealkylation sites (tertiary alicyclic amines) is 1. The largest absolute Gasteiger partial charge is 0.348 e. The average molecular weight is 443 g/mol. The Labute approximate surface area is 186 Å². The van der Waals surface area contributed by atoms with Gasteiger partial charge >= 0.3 is 11.8 Å². The van der Waals surface area contributed by atoms with Gasteiger partial charge in [0, 0.05) is 24.3 Å². The lowest BCUT2D eigenvalue weighted by molar-refractivity contribution is 0.0906. The van der Waals surface area contributed by atoms with Crippen molar-refractivity contribution in [3.8, 4) is 17.1 Å². The van der Waals surface area contributed by atoms with Crippen molar-refractivity contribution >= 4 is 17.5 Å². The molecule has 1 atom stereocenters. The van der Waals surface area contributed by atoms with E-state index in [1.54, 1.807) is 16.8 Å². The highest BCUT2D eigenvalue weighted by Gasteiger charge is 2.20. The topological polar surface area (TPSA) is 89.1 Å². The third-order valence-electron chi connectivity index (χ3n) is 5.53. The van der Waals surface area contributed by atoms with Gasteiger partial charge in [0.05, 0.1) is 16.9 Å². The molecule has 0 radical (unpaired) electrons. The van der Waals surface area contributed by atoms with Crippen molar-refractivity contribution in [2.45, 2.75) is 33.1 Å². The maximum absolute atomic E-state index is 12.4. The minimum absolute atomic E-state index is 0.0414. The number of hydrogen-bond donors (Lipinski definition) is 1. The van der Waals surface area contributed by atoms with Gasteiger partial charge < -0.3 is 14.7 Å². The molecule has 1 aliphatic rings. The van der Waals surface area contributed by atoms with Crippen LogP contribution in [0.1, 0.15) is 42.6 Å². The van der Waals surface area contributed by atoms with Gasteiger partial charge in [0.25, 0.3) is 0 Å². The maximum Gasteiger partial charge on any atom is 0.316 e. The van der Waals surface area contributed by atoms with Gasteiger partial charge in [-0.15, -0.1) is 0 Å². The molecule has 1 amide bonds. The second-order valence-corrected chi connectivity index (χ2v) is 8.57. The van der Waals surface area contributed by atoms with E-state index in [2.05, 4.69) is 32.4 Å². The van der Waals surface area contributed by atoms with Crippen molar-refractivity contribution in [3.05, 3.63) is 47.1 Å². The Morgan fingerprint density at radius 1 is 1.32 bits per heavy atom. The first-order valence-corrected chi connectivity index (χ1v) is 11.0. The Morgan fingerprint density at radius 2 is 2.13 bits per heavy atom. The fourth-order valence-corrected chi connectivity index (χ4v) is 4.03. The first-order valence-electron chi connectivity index (χ1n) is 10.7. The highest BCUT2D eigenvalue weighted by Crippen LogP contribution is 2.22. The average Bonchev–Trinajstić information content (AvgIpc) is 3.38. The van der Waals surface area contributed by atoms with E-state index in [4.69, 9.17) is 16.1 Å². The van der Waals surface area contributed by atoms with Crippen molar-refractivity contribution in [1.82, 2.24) is 30.1 Å². The number of rotatable bonds is 7. The van der Waals surface area contributed by atoms with Crippen LogP contribution in [-0.2, 0) is 0 Å². The number of benzene rings is 1. The molecule has 9 heteroatoms. The Morgan fingerprint density at radius 3 is 2.90 bits per heavy atom. The molecule has 1 aromatic carbocycles. The van der Waals surface area contributed by atoms with E-state index in [-0.39, 0.29) is 11.8 Å². The lowest BCUT2D eigenvalue weighted by atomic mass is 10.0. The molecule has 0 aliphatic carbocycles. The summed E-state index contributed by atoms with van der Waals surface area (Å²) in [5, 5.41) is 12.0. The first-order chi connectivity index (χ1) is 15.0. The summed E-state index contributed by atoms with van der Waals surface area (Å²) in [7, 11) is 0. The number of piperidine rings is 1. The number of amides is 1. The Bertz CT molecular complexity index is 1030. The zero-order chi connectivity index (χ0) is 21.8. The SMILES string of the molecule is Cc1nn(-c2ccc(Cl)cc2)cc1-c1noc(C(=O)NCCCN2CCC[C@@H](C)C2)n1. The maximum atomic E-state index is 12.4. The van der Waals surface area contributed by atoms with Gasteiger partial charge in [0.15, 0.2) is 0 Å². The van der Waals surface area contributed by atoms with Gasteiger partial charge in [-0.2, -0.15) is 10.1 Å². The molecule has 3 heterocycles. The Balaban J connectivity index is 1.33. The van der Waals surface area contributed by atoms with Crippen LogP contribution in [0.3, 0.4) is 0 Å². The molecule has 8 nitrogen and oxygen atoms in total. The molecule has 1 saturated heterocycles. The van der Waals surface area contributed by atoms with E-state index in [1.165, 1.54) is 12.8 Å². The van der Waals surface area contributed by atoms with Crippen LogP contribution >= 0.6 is 11.6 Å². The number of aryl methyl sites for hydroxylation is 1. The molecule has 4 rings (SSSR count). The smallest absolute Gasteiger partial charge is 0.316 e. The molecule has 0 unspecified atom stereocenters. The second kappa shape index (κ2) is 9.62. The van der Waals surface area contributed by atoms with Crippen molar-refractivity contribution in [2.24, 2.45) is 5.92 Å². The molecule has 2 aromatic heterocycles. The Hall–Kier alpha value is -2.71. The highest BCUT2D eigenvalue weighted by molar-refractivity contribution is 6.30. The normalized spacial score (nSPS) is 17.1. The predicted molar refractivity (Wildman–Crippen MR) is 118 cm³/mol. The second-order valence-electron chi connectivity index (χ2n) is 8.13. The lowest BCUT2D eigenvalue weighted by Crippen LogP contribution is -2.36. The molecule has 1 fully saturated rings. The van der Waals surface area contributed by atoms with Gasteiger partial charge in [0.2, 0.25) is 5.82 Å². The van der Waals surface area contributed by atoms with E-state index in [1.807, 2.05) is 25.3 Å². The first kappa shape index (κ1) is 21.5. The number of nitrogens with zero attached hydrogens (tertiary/aromatic N) is 5. The van der Waals surface area contributed by atoms with Gasteiger partial charge in [0.1, 0.15) is 0 Å². The van der Waals surface area contributed by atoms with Crippen LogP contribution in [0.25, 0.3) is 17.1 Å². The predicted octanol–water partition coefficient (Wildman–Crippen LogP) is 3.74. The monoisotopic (exact) mass is 442 g/mol. The third kappa shape index (κ3) is 5.32. The summed E-state index contributed by atoms with van der Waals surface area (Å²) in [4.78, 5) is 19.1. The van der Waals surface area contributed by atoms with Gasteiger partial charge in [-0.1, -0.05) is 23.7 Å². The fourth-order valence-electron chi connectivity index (χ4n) is 3.90. The van der Waals surface area contributed by atoms with Gasteiger partial charge in [-0.25, -0.2) is 4.68 Å². The van der Waals surface area contributed by atoms with E-state index in [0.29, 0.717) is 23.0 Å². The van der Waals surface area contributed by atoms with E-state index >= 15 is 0 Å². The fraction of sp³-hybridized carbons (Fsp3) is 0.455. The number of carbonyl (C=O) groups excluding carboxylic acids is 1. The summed E-state index contributed by atoms with van der Waals surface area (Å²) in [5.74, 6) is 0.701. The molecule has 1 N–H and O–H groups in total. The molecule has 1 aliphatic heterocycles. The van der Waals surface area contributed by atoms with Crippen LogP contribution in [-0.4, -0.2) is 56.9 Å². The number of halogens is 1. The summed E-state index contributed by atoms with van der Waals surface area (Å²) in [6.45, 7) is 8.01. The summed E-state index contributed by atoms with van der Waals surface area (Å²) in [6.07, 6.45) is 5.27. The standard InChI is InChI=1S/C22H27ClN6O2/c1-15-5-3-11-28(13-15)12-4-10-24-21(30)22-25-20(27-31-22)19-14-29(26-16(19)2)18-8-6-17(23)7-9-18/h6-9,14-15H,3-5,10-13H2,1-2H3,(H,24,30)/t15-/m1/s1. The zero-order valence-corrected chi connectivity index (χ0v) is 18.6. The van der Waals surface area contributed by atoms with Crippen LogP contribution in [0.2, 0.25) is 5.02 Å². The van der Waals surface area contributed by atoms with Crippen LogP contribution in [0, 0.1) is 12.8 Å². The van der Waals surface area contributed by atoms with E-state index < -0.39 is 0 Å². The molecular formula is C22H27ClN6O2. The minimum Gasteiger partial charge on any atom is -0.348 e. The number of aromatic nitrogens is 4. The molecule has 0 spiro atoms. The van der Waals surface area contributed by atoms with Crippen molar-refractivity contribution in [3.63, 3.8) is 0 Å². The molecule has 164 valence electrons. The van der Waals surface area contributed by atoms with Crippen LogP contribution in [0.15, 0.2) is 35.0 Å². The lowest BCUT2D eigenvalue weighted by Gasteiger charge is -2.30. The van der Waals surface area contributed by atoms with E-state index in [9.17, 15) is 4.79 Å². The summed E-state index contributed by atoms with van der Waals surface area (Å²) >= 11 is 5.95. The molecule has 0 saturated carbocycles. The molecular weight excluding hydrogens is 416 g/mol. The molecule has 31 heavy (non-hydrogen) atoms. The van der Waals surface area contributed by atoms with E-state index in [0.717, 1.165) is 43.4 Å². The minimum atomic E-state index is -0.353. The Kier molecular flexibility index (Phi) is 6.67. The number of hydrogen-bond acceptors (Lipinski definition) is 6. The van der Waals surface area contributed by atoms with Crippen LogP contribution < -0.4 is 5.32 Å². The van der Waals surface area contributed by atoms with Crippen molar-refractivity contribution in [1.29, 1.82) is 0 Å². The highest BCUT2D eigenvalue weighted by atomic mass is 35.5. The van der Waals surface area contributed by atoms with Gasteiger partial charge in [-0.05, 0) is 69.5 Å². The van der Waals surface area contributed by atoms with Crippen molar-refractivity contribution in [2.75, 3.05) is 26.2 Å². The van der Waals surface area contributed by atoms with Crippen LogP contribution in [0.4, 0.5) is 0 Å². The zero-order valence-electron chi connectivity index (χ0n) is 17.8. The number of carbonyl (C=O) groups is 1.